The van der Waals surface area contributed by atoms with Gasteiger partial charge in [-0.05, 0) is 42.6 Å². The zero-order valence-electron chi connectivity index (χ0n) is 10.5. The van der Waals surface area contributed by atoms with Crippen LogP contribution in [0.25, 0.3) is 11.5 Å². The Kier molecular flexibility index (Phi) is 3.29. The average Bonchev–Trinajstić information content (AvgIpc) is 2.93. The van der Waals surface area contributed by atoms with Crippen molar-refractivity contribution in [3.63, 3.8) is 0 Å². The maximum absolute atomic E-state index is 5.90. The second-order valence-electron chi connectivity index (χ2n) is 4.68. The number of piperidine rings is 1. The van der Waals surface area contributed by atoms with Crippen LogP contribution >= 0.6 is 11.6 Å². The fourth-order valence-corrected chi connectivity index (χ4v) is 2.35. The maximum atomic E-state index is 5.90. The largest absolute Gasteiger partial charge is 0.398 e. The van der Waals surface area contributed by atoms with Gasteiger partial charge in [0.05, 0.1) is 10.7 Å². The van der Waals surface area contributed by atoms with Crippen molar-refractivity contribution in [3.8, 4) is 11.5 Å². The molecule has 1 aromatic carbocycles. The van der Waals surface area contributed by atoms with Gasteiger partial charge in [0, 0.05) is 18.7 Å². The molecule has 0 aliphatic carbocycles. The first-order chi connectivity index (χ1) is 9.24. The number of hydrogen-bond acceptors (Lipinski definition) is 5. The zero-order chi connectivity index (χ0) is 13.2. The third-order valence-electron chi connectivity index (χ3n) is 3.30. The Hall–Kier alpha value is -1.75. The molecular weight excluding hydrogens is 264 g/mol. The molecule has 6 heteroatoms. The summed E-state index contributed by atoms with van der Waals surface area (Å²) in [7, 11) is 0. The van der Waals surface area contributed by atoms with Crippen molar-refractivity contribution in [2.24, 2.45) is 0 Å². The summed E-state index contributed by atoms with van der Waals surface area (Å²) in [6.07, 6.45) is 3.63. The molecule has 0 spiro atoms. The normalized spacial score (nSPS) is 15.7. The Balaban J connectivity index is 1.85. The predicted octanol–water partition coefficient (Wildman–Crippen LogP) is 2.96. The van der Waals surface area contributed by atoms with Crippen molar-refractivity contribution >= 4 is 23.2 Å². The van der Waals surface area contributed by atoms with Gasteiger partial charge >= 0.3 is 0 Å². The number of nitrogens with two attached hydrogens (primary N) is 1. The van der Waals surface area contributed by atoms with Crippen LogP contribution in [-0.4, -0.2) is 23.2 Å². The number of anilines is 2. The number of hydrogen-bond donors (Lipinski definition) is 1. The van der Waals surface area contributed by atoms with Crippen LogP contribution < -0.4 is 10.6 Å². The van der Waals surface area contributed by atoms with Crippen LogP contribution in [0.4, 0.5) is 11.6 Å². The van der Waals surface area contributed by atoms with Crippen molar-refractivity contribution < 1.29 is 4.52 Å². The molecule has 19 heavy (non-hydrogen) atoms. The molecule has 0 unspecified atom stereocenters. The quantitative estimate of drug-likeness (QED) is 0.856. The fraction of sp³-hybridized carbons (Fsp3) is 0.385. The van der Waals surface area contributed by atoms with Crippen LogP contribution in [0.3, 0.4) is 0 Å². The van der Waals surface area contributed by atoms with E-state index in [0.717, 1.165) is 18.7 Å². The summed E-state index contributed by atoms with van der Waals surface area (Å²) in [4.78, 5) is 6.57. The molecule has 3 rings (SSSR count). The van der Waals surface area contributed by atoms with Gasteiger partial charge < -0.3 is 15.2 Å². The highest BCUT2D eigenvalue weighted by molar-refractivity contribution is 6.33. The van der Waals surface area contributed by atoms with E-state index in [1.165, 1.54) is 19.3 Å². The minimum atomic E-state index is 0.476. The van der Waals surface area contributed by atoms with Gasteiger partial charge in [0.15, 0.2) is 0 Å². The van der Waals surface area contributed by atoms with Crippen LogP contribution in [0.2, 0.25) is 5.02 Å². The number of rotatable bonds is 2. The maximum Gasteiger partial charge on any atom is 0.266 e. The van der Waals surface area contributed by atoms with E-state index in [2.05, 4.69) is 15.0 Å². The second kappa shape index (κ2) is 5.09. The van der Waals surface area contributed by atoms with Crippen LogP contribution in [0.15, 0.2) is 22.7 Å². The SMILES string of the molecule is Nc1cc(-c2nc(N3CCCCC3)no2)ccc1Cl. The van der Waals surface area contributed by atoms with Crippen molar-refractivity contribution in [2.75, 3.05) is 23.7 Å². The lowest BCUT2D eigenvalue weighted by Crippen LogP contribution is -2.30. The summed E-state index contributed by atoms with van der Waals surface area (Å²) in [5.74, 6) is 1.13. The Morgan fingerprint density at radius 2 is 2.00 bits per heavy atom. The fourth-order valence-electron chi connectivity index (χ4n) is 2.23. The highest BCUT2D eigenvalue weighted by Crippen LogP contribution is 2.27. The van der Waals surface area contributed by atoms with Crippen molar-refractivity contribution in [1.82, 2.24) is 10.1 Å². The number of nitrogen functional groups attached to an aromatic ring is 1. The van der Waals surface area contributed by atoms with E-state index in [-0.39, 0.29) is 0 Å². The third kappa shape index (κ3) is 2.51. The Morgan fingerprint density at radius 3 is 2.74 bits per heavy atom. The molecule has 1 aliphatic rings. The summed E-state index contributed by atoms with van der Waals surface area (Å²) in [6, 6.07) is 5.30. The van der Waals surface area contributed by atoms with Gasteiger partial charge in [0.1, 0.15) is 0 Å². The Labute approximate surface area is 116 Å². The monoisotopic (exact) mass is 278 g/mol. The Bertz CT molecular complexity index is 578. The van der Waals surface area contributed by atoms with Gasteiger partial charge in [0.25, 0.3) is 11.8 Å². The molecule has 1 saturated heterocycles. The predicted molar refractivity (Wildman–Crippen MR) is 75.2 cm³/mol. The molecule has 2 N–H and O–H groups in total. The molecule has 0 amide bonds. The molecule has 5 nitrogen and oxygen atoms in total. The first kappa shape index (κ1) is 12.3. The van der Waals surface area contributed by atoms with Gasteiger partial charge in [-0.2, -0.15) is 4.98 Å². The van der Waals surface area contributed by atoms with Crippen LogP contribution in [0, 0.1) is 0 Å². The summed E-state index contributed by atoms with van der Waals surface area (Å²) in [5.41, 5.74) is 7.08. The summed E-state index contributed by atoms with van der Waals surface area (Å²) in [5, 5.41) is 4.56. The lowest BCUT2D eigenvalue weighted by Gasteiger charge is -2.24. The number of aromatic nitrogens is 2. The zero-order valence-corrected chi connectivity index (χ0v) is 11.2. The molecule has 1 aliphatic heterocycles. The van der Waals surface area contributed by atoms with Crippen molar-refractivity contribution in [3.05, 3.63) is 23.2 Å². The van der Waals surface area contributed by atoms with Gasteiger partial charge in [-0.1, -0.05) is 11.6 Å². The van der Waals surface area contributed by atoms with Crippen LogP contribution in [0.1, 0.15) is 19.3 Å². The highest BCUT2D eigenvalue weighted by Gasteiger charge is 2.17. The lowest BCUT2D eigenvalue weighted by atomic mass is 10.1. The van der Waals surface area contributed by atoms with Crippen LogP contribution in [0.5, 0.6) is 0 Å². The van der Waals surface area contributed by atoms with E-state index in [1.807, 2.05) is 6.07 Å². The summed E-state index contributed by atoms with van der Waals surface area (Å²) < 4.78 is 5.30. The molecule has 1 aromatic heterocycles. The smallest absolute Gasteiger partial charge is 0.266 e. The Morgan fingerprint density at radius 1 is 1.21 bits per heavy atom. The van der Waals surface area contributed by atoms with E-state index in [0.29, 0.717) is 22.5 Å². The van der Waals surface area contributed by atoms with E-state index in [4.69, 9.17) is 21.9 Å². The van der Waals surface area contributed by atoms with Gasteiger partial charge in [0.2, 0.25) is 0 Å². The first-order valence-corrected chi connectivity index (χ1v) is 6.76. The van der Waals surface area contributed by atoms with Crippen molar-refractivity contribution in [2.45, 2.75) is 19.3 Å². The van der Waals surface area contributed by atoms with Gasteiger partial charge in [-0.3, -0.25) is 0 Å². The van der Waals surface area contributed by atoms with E-state index in [1.54, 1.807) is 12.1 Å². The topological polar surface area (TPSA) is 68.2 Å². The minimum absolute atomic E-state index is 0.476. The minimum Gasteiger partial charge on any atom is -0.398 e. The van der Waals surface area contributed by atoms with Gasteiger partial charge in [-0.25, -0.2) is 0 Å². The molecule has 0 bridgehead atoms. The number of benzene rings is 1. The molecule has 0 atom stereocenters. The molecule has 0 saturated carbocycles. The number of nitrogens with zero attached hydrogens (tertiary/aromatic N) is 3. The standard InChI is InChI=1S/C13H15ClN4O/c14-10-5-4-9(8-11(10)15)12-16-13(17-19-12)18-6-2-1-3-7-18/h4-5,8H,1-3,6-7,15H2. The summed E-state index contributed by atoms with van der Waals surface area (Å²) in [6.45, 7) is 1.98. The molecule has 100 valence electrons. The molecular formula is C13H15ClN4O. The van der Waals surface area contributed by atoms with E-state index < -0.39 is 0 Å². The summed E-state index contributed by atoms with van der Waals surface area (Å²) >= 11 is 5.90. The highest BCUT2D eigenvalue weighted by atomic mass is 35.5. The average molecular weight is 279 g/mol. The lowest BCUT2D eigenvalue weighted by molar-refractivity contribution is 0.426. The second-order valence-corrected chi connectivity index (χ2v) is 5.09. The number of halogens is 1. The van der Waals surface area contributed by atoms with Gasteiger partial charge in [-0.15, -0.1) is 0 Å². The van der Waals surface area contributed by atoms with E-state index >= 15 is 0 Å². The molecule has 1 fully saturated rings. The van der Waals surface area contributed by atoms with Crippen LogP contribution in [-0.2, 0) is 0 Å². The van der Waals surface area contributed by atoms with Crippen molar-refractivity contribution in [1.29, 1.82) is 0 Å². The molecule has 2 heterocycles. The molecule has 2 aromatic rings. The van der Waals surface area contributed by atoms with E-state index in [9.17, 15) is 0 Å². The first-order valence-electron chi connectivity index (χ1n) is 6.38. The molecule has 0 radical (unpaired) electrons. The third-order valence-corrected chi connectivity index (χ3v) is 3.64.